The Morgan fingerprint density at radius 3 is 1.98 bits per heavy atom. The molecule has 0 atom stereocenters. The lowest BCUT2D eigenvalue weighted by Crippen LogP contribution is -2.15. The van der Waals surface area contributed by atoms with Crippen LogP contribution in [0.15, 0.2) is 120 Å². The molecule has 0 saturated carbocycles. The summed E-state index contributed by atoms with van der Waals surface area (Å²) in [4.78, 5) is 21.7. The fourth-order valence-electron chi connectivity index (χ4n) is 6.71. The van der Waals surface area contributed by atoms with Gasteiger partial charge >= 0.3 is 0 Å². The van der Waals surface area contributed by atoms with Crippen LogP contribution >= 0.6 is 0 Å². The second-order valence-electron chi connectivity index (χ2n) is 11.9. The quantitative estimate of drug-likeness (QED) is 0.146. The summed E-state index contributed by atoms with van der Waals surface area (Å²) < 4.78 is 8.44. The van der Waals surface area contributed by atoms with E-state index in [2.05, 4.69) is 73.0 Å². The minimum absolute atomic E-state index is 0.0222. The van der Waals surface area contributed by atoms with E-state index >= 15 is 0 Å². The van der Waals surface area contributed by atoms with E-state index in [4.69, 9.17) is 4.42 Å². The maximum absolute atomic E-state index is 11.4. The lowest BCUT2D eigenvalue weighted by molar-refractivity contribution is -0.385. The molecule has 8 nitrogen and oxygen atoms in total. The van der Waals surface area contributed by atoms with Gasteiger partial charge in [0.2, 0.25) is 0 Å². The number of hydrogen-bond acceptors (Lipinski definition) is 5. The molecule has 0 spiro atoms. The highest BCUT2D eigenvalue weighted by Crippen LogP contribution is 2.49. The third-order valence-electron chi connectivity index (χ3n) is 9.00. The summed E-state index contributed by atoms with van der Waals surface area (Å²) in [5.74, 6) is 0.617. The fraction of sp³-hybridized carbons (Fsp3) is 0.0811. The van der Waals surface area contributed by atoms with E-state index in [1.54, 1.807) is 24.3 Å². The van der Waals surface area contributed by atoms with Gasteiger partial charge in [-0.3, -0.25) is 20.2 Å². The standard InChI is InChI=1S/C37H25N3O5/c1-37(2)31-6-4-3-5-29(31)30-16-15-28(21-32(30)37)38-33(22-7-11-26(12-8-22)39(41)42)17-24-19-36-25(18-34(24)38)20-35(45-36)23-9-13-27(14-10-23)40(43)44/h3-21H,1-2H3. The first kappa shape index (κ1) is 26.6. The first-order valence-electron chi connectivity index (χ1n) is 14.5. The molecule has 0 fully saturated rings. The van der Waals surface area contributed by atoms with Crippen LogP contribution in [-0.4, -0.2) is 14.4 Å². The van der Waals surface area contributed by atoms with E-state index in [1.165, 1.54) is 46.5 Å². The molecule has 218 valence electrons. The van der Waals surface area contributed by atoms with Gasteiger partial charge in [0.25, 0.3) is 11.4 Å². The Bertz CT molecular complexity index is 2350. The summed E-state index contributed by atoms with van der Waals surface area (Å²) in [5, 5.41) is 24.3. The van der Waals surface area contributed by atoms with Crippen LogP contribution in [0, 0.1) is 20.2 Å². The van der Waals surface area contributed by atoms with E-state index in [9.17, 15) is 20.2 Å². The number of furan rings is 1. The van der Waals surface area contributed by atoms with Crippen LogP contribution in [0.5, 0.6) is 0 Å². The largest absolute Gasteiger partial charge is 0.456 e. The second kappa shape index (κ2) is 9.49. The number of non-ortho nitro benzene ring substituents is 2. The van der Waals surface area contributed by atoms with Crippen molar-refractivity contribution in [2.24, 2.45) is 0 Å². The average Bonchev–Trinajstić information content (AvgIpc) is 3.70. The van der Waals surface area contributed by atoms with E-state index in [-0.39, 0.29) is 16.8 Å². The van der Waals surface area contributed by atoms with Gasteiger partial charge in [0.1, 0.15) is 11.3 Å². The molecule has 8 rings (SSSR count). The van der Waals surface area contributed by atoms with Gasteiger partial charge in [0.15, 0.2) is 0 Å². The van der Waals surface area contributed by atoms with Crippen molar-refractivity contribution in [1.29, 1.82) is 0 Å². The maximum Gasteiger partial charge on any atom is 0.269 e. The Morgan fingerprint density at radius 1 is 0.644 bits per heavy atom. The summed E-state index contributed by atoms with van der Waals surface area (Å²) in [5.41, 5.74) is 10.0. The van der Waals surface area contributed by atoms with Crippen LogP contribution in [0.2, 0.25) is 0 Å². The van der Waals surface area contributed by atoms with Crippen LogP contribution in [-0.2, 0) is 5.41 Å². The number of fused-ring (bicyclic) bond motifs is 5. The molecule has 0 unspecified atom stereocenters. The molecule has 2 aromatic heterocycles. The Kier molecular flexibility index (Phi) is 5.61. The van der Waals surface area contributed by atoms with Crippen LogP contribution in [0.4, 0.5) is 11.4 Å². The Hall–Kier alpha value is -6.02. The topological polar surface area (TPSA) is 104 Å². The van der Waals surface area contributed by atoms with Gasteiger partial charge in [-0.1, -0.05) is 44.2 Å². The third-order valence-corrected chi connectivity index (χ3v) is 9.00. The number of nitro groups is 2. The predicted octanol–water partition coefficient (Wildman–Crippen LogP) is 9.83. The van der Waals surface area contributed by atoms with Crippen LogP contribution in [0.1, 0.15) is 25.0 Å². The summed E-state index contributed by atoms with van der Waals surface area (Å²) >= 11 is 0. The van der Waals surface area contributed by atoms with E-state index in [0.717, 1.165) is 38.8 Å². The summed E-state index contributed by atoms with van der Waals surface area (Å²) in [6.07, 6.45) is 0. The molecular formula is C37H25N3O5. The summed E-state index contributed by atoms with van der Waals surface area (Å²) in [6.45, 7) is 4.50. The lowest BCUT2D eigenvalue weighted by atomic mass is 9.82. The SMILES string of the molecule is CC1(C)c2ccccc2-c2ccc(-n3c(-c4ccc([N+](=O)[O-])cc4)cc4cc5oc(-c6ccc([N+](=O)[O-])cc6)cc5cc43)cc21. The maximum atomic E-state index is 11.4. The van der Waals surface area contributed by atoms with Crippen molar-refractivity contribution in [2.75, 3.05) is 0 Å². The average molecular weight is 592 g/mol. The van der Waals surface area contributed by atoms with E-state index in [0.29, 0.717) is 11.3 Å². The van der Waals surface area contributed by atoms with E-state index < -0.39 is 9.85 Å². The minimum Gasteiger partial charge on any atom is -0.456 e. The van der Waals surface area contributed by atoms with Crippen molar-refractivity contribution in [3.8, 4) is 39.4 Å². The van der Waals surface area contributed by atoms with Gasteiger partial charge in [-0.25, -0.2) is 0 Å². The Morgan fingerprint density at radius 2 is 1.29 bits per heavy atom. The number of hydrogen-bond donors (Lipinski definition) is 0. The van der Waals surface area contributed by atoms with Crippen molar-refractivity contribution in [3.63, 3.8) is 0 Å². The van der Waals surface area contributed by atoms with Gasteiger partial charge in [-0.15, -0.1) is 0 Å². The van der Waals surface area contributed by atoms with Gasteiger partial charge in [0.05, 0.1) is 21.1 Å². The number of nitro benzene ring substituents is 2. The Balaban J connectivity index is 1.33. The molecule has 0 amide bonds. The van der Waals surface area contributed by atoms with Crippen molar-refractivity contribution in [1.82, 2.24) is 4.57 Å². The highest BCUT2D eigenvalue weighted by Gasteiger charge is 2.35. The van der Waals surface area contributed by atoms with Crippen molar-refractivity contribution >= 4 is 33.2 Å². The molecule has 7 aromatic rings. The molecule has 1 aliphatic carbocycles. The zero-order valence-corrected chi connectivity index (χ0v) is 24.4. The molecule has 0 saturated heterocycles. The molecule has 0 aliphatic heterocycles. The van der Waals surface area contributed by atoms with Gasteiger partial charge in [0, 0.05) is 51.7 Å². The molecule has 2 heterocycles. The predicted molar refractivity (Wildman–Crippen MR) is 175 cm³/mol. The highest BCUT2D eigenvalue weighted by atomic mass is 16.6. The Labute approximate surface area is 257 Å². The molecule has 0 N–H and O–H groups in total. The second-order valence-corrected chi connectivity index (χ2v) is 11.9. The summed E-state index contributed by atoms with van der Waals surface area (Å²) in [6, 6.07) is 36.2. The fourth-order valence-corrected chi connectivity index (χ4v) is 6.71. The number of aromatic nitrogens is 1. The van der Waals surface area contributed by atoms with Crippen LogP contribution < -0.4 is 0 Å². The first-order valence-corrected chi connectivity index (χ1v) is 14.5. The molecular weight excluding hydrogens is 566 g/mol. The zero-order valence-electron chi connectivity index (χ0n) is 24.4. The van der Waals surface area contributed by atoms with Crippen molar-refractivity contribution in [3.05, 3.63) is 147 Å². The van der Waals surface area contributed by atoms with Crippen molar-refractivity contribution in [2.45, 2.75) is 19.3 Å². The number of nitrogens with zero attached hydrogens (tertiary/aromatic N) is 3. The molecule has 0 bridgehead atoms. The number of benzene rings is 5. The highest BCUT2D eigenvalue weighted by molar-refractivity contribution is 6.00. The van der Waals surface area contributed by atoms with Crippen LogP contribution in [0.3, 0.4) is 0 Å². The molecule has 1 aliphatic rings. The number of rotatable bonds is 5. The molecule has 5 aromatic carbocycles. The van der Waals surface area contributed by atoms with Gasteiger partial charge < -0.3 is 8.98 Å². The van der Waals surface area contributed by atoms with E-state index in [1.807, 2.05) is 12.1 Å². The monoisotopic (exact) mass is 591 g/mol. The zero-order chi connectivity index (χ0) is 31.0. The normalized spacial score (nSPS) is 13.2. The molecule has 8 heteroatoms. The van der Waals surface area contributed by atoms with Gasteiger partial charge in [-0.2, -0.15) is 0 Å². The molecule has 45 heavy (non-hydrogen) atoms. The van der Waals surface area contributed by atoms with Gasteiger partial charge in [-0.05, 0) is 88.5 Å². The molecule has 0 radical (unpaired) electrons. The minimum atomic E-state index is -0.421. The third kappa shape index (κ3) is 4.06. The summed E-state index contributed by atoms with van der Waals surface area (Å²) in [7, 11) is 0. The lowest BCUT2D eigenvalue weighted by Gasteiger charge is -2.22. The van der Waals surface area contributed by atoms with Crippen LogP contribution in [0.25, 0.3) is 61.3 Å². The smallest absolute Gasteiger partial charge is 0.269 e. The van der Waals surface area contributed by atoms with Crippen molar-refractivity contribution < 1.29 is 14.3 Å². The first-order chi connectivity index (χ1) is 21.7.